The number of anilines is 2. The molecule has 0 aliphatic heterocycles. The summed E-state index contributed by atoms with van der Waals surface area (Å²) in [4.78, 5) is 66.1. The predicted molar refractivity (Wildman–Crippen MR) is 208 cm³/mol. The van der Waals surface area contributed by atoms with Gasteiger partial charge in [0.05, 0.1) is 53.6 Å². The third kappa shape index (κ3) is 8.62. The Labute approximate surface area is 325 Å². The first-order chi connectivity index (χ1) is 27.6. The highest BCUT2D eigenvalue weighted by Crippen LogP contribution is 2.26. The van der Waals surface area contributed by atoms with Gasteiger partial charge in [-0.05, 0) is 51.7 Å². The SMILES string of the molecule is COC(=O)c1nc(OC)cnc1NC(=O)c1ccc(C)c2ccccc12.COC(=O)c1nc(OC)cnc1NC(=O)c1ccc(Cn2ccnn2)c2ccccc12. The molecule has 2 N–H and O–H groups in total. The van der Waals surface area contributed by atoms with Crippen molar-refractivity contribution in [1.29, 1.82) is 0 Å². The molecule has 0 saturated heterocycles. The van der Waals surface area contributed by atoms with Crippen molar-refractivity contribution in [3.05, 3.63) is 131 Å². The lowest BCUT2D eigenvalue weighted by molar-refractivity contribution is 0.0585. The van der Waals surface area contributed by atoms with E-state index in [0.29, 0.717) is 17.7 Å². The average molecular weight is 770 g/mol. The number of fused-ring (bicyclic) bond motifs is 2. The van der Waals surface area contributed by atoms with Crippen LogP contribution in [0.25, 0.3) is 21.5 Å². The first-order valence-electron chi connectivity index (χ1n) is 17.1. The molecule has 7 rings (SSSR count). The van der Waals surface area contributed by atoms with Gasteiger partial charge < -0.3 is 29.6 Å². The van der Waals surface area contributed by atoms with E-state index in [9.17, 15) is 19.2 Å². The zero-order chi connectivity index (χ0) is 40.5. The highest BCUT2D eigenvalue weighted by Gasteiger charge is 2.22. The Balaban J connectivity index is 0.000000196. The van der Waals surface area contributed by atoms with E-state index in [1.807, 2.05) is 67.6 Å². The van der Waals surface area contributed by atoms with Crippen molar-refractivity contribution in [2.75, 3.05) is 39.1 Å². The summed E-state index contributed by atoms with van der Waals surface area (Å²) in [6, 6.07) is 22.4. The van der Waals surface area contributed by atoms with E-state index in [2.05, 4.69) is 40.9 Å². The number of hydrogen-bond acceptors (Lipinski definition) is 14. The van der Waals surface area contributed by atoms with Crippen molar-refractivity contribution in [3.8, 4) is 11.8 Å². The van der Waals surface area contributed by atoms with E-state index >= 15 is 0 Å². The minimum atomic E-state index is -0.741. The van der Waals surface area contributed by atoms with Gasteiger partial charge in [-0.3, -0.25) is 9.59 Å². The highest BCUT2D eigenvalue weighted by atomic mass is 16.5. The maximum absolute atomic E-state index is 13.1. The smallest absolute Gasteiger partial charge is 0.360 e. The molecule has 0 radical (unpaired) electrons. The van der Waals surface area contributed by atoms with Crippen molar-refractivity contribution in [2.45, 2.75) is 13.5 Å². The van der Waals surface area contributed by atoms with Crippen molar-refractivity contribution in [3.63, 3.8) is 0 Å². The maximum atomic E-state index is 13.1. The van der Waals surface area contributed by atoms with Gasteiger partial charge in [-0.15, -0.1) is 5.10 Å². The third-order valence-corrected chi connectivity index (χ3v) is 8.59. The molecule has 3 heterocycles. The van der Waals surface area contributed by atoms with Gasteiger partial charge in [0.2, 0.25) is 11.8 Å². The number of esters is 2. The van der Waals surface area contributed by atoms with Crippen LogP contribution in [-0.4, -0.2) is 87.1 Å². The van der Waals surface area contributed by atoms with Crippen molar-refractivity contribution in [1.82, 2.24) is 34.9 Å². The number of nitrogens with zero attached hydrogens (tertiary/aromatic N) is 7. The van der Waals surface area contributed by atoms with Crippen molar-refractivity contribution >= 4 is 56.9 Å². The molecule has 0 saturated carbocycles. The number of aryl methyl sites for hydroxylation is 1. The Morgan fingerprint density at radius 1 is 0.632 bits per heavy atom. The number of methoxy groups -OCH3 is 4. The Bertz CT molecular complexity index is 2620. The largest absolute Gasteiger partial charge is 0.480 e. The summed E-state index contributed by atoms with van der Waals surface area (Å²) >= 11 is 0. The molecule has 0 atom stereocenters. The number of benzene rings is 4. The molecule has 2 amide bonds. The Morgan fingerprint density at radius 2 is 1.12 bits per heavy atom. The summed E-state index contributed by atoms with van der Waals surface area (Å²) in [5, 5.41) is 16.6. The predicted octanol–water partition coefficient (Wildman–Crippen LogP) is 5.30. The second-order valence-electron chi connectivity index (χ2n) is 12.0. The quantitative estimate of drug-likeness (QED) is 0.169. The van der Waals surface area contributed by atoms with Crippen LogP contribution >= 0.6 is 0 Å². The van der Waals surface area contributed by atoms with Crippen LogP contribution in [0.1, 0.15) is 52.8 Å². The number of hydrogen-bond donors (Lipinski definition) is 2. The number of carbonyl (C=O) groups is 4. The lowest BCUT2D eigenvalue weighted by Gasteiger charge is -2.13. The van der Waals surface area contributed by atoms with Crippen LogP contribution in [-0.2, 0) is 16.0 Å². The molecule has 0 bridgehead atoms. The molecule has 17 nitrogen and oxygen atoms in total. The summed E-state index contributed by atoms with van der Waals surface area (Å²) in [7, 11) is 5.25. The number of carbonyl (C=O) groups excluding carboxylic acids is 4. The van der Waals surface area contributed by atoms with Gasteiger partial charge in [-0.2, -0.15) is 0 Å². The van der Waals surface area contributed by atoms with Gasteiger partial charge in [0.25, 0.3) is 11.8 Å². The second-order valence-corrected chi connectivity index (χ2v) is 12.0. The standard InChI is InChI=1S/C21H18N6O4.C19H17N3O4/c1-30-17-11-22-19(18(24-17)21(29)31-2)25-20(28)16-8-7-13(12-27-10-9-23-26-27)14-5-3-4-6-15(14)16;1-11-8-9-14(13-7-5-4-6-12(11)13)18(23)22-17-16(19(24)26-3)21-15(25-2)10-20-17/h3-11H,12H2,1-2H3,(H,22,25,28);4-10H,1-3H3,(H,20,22,23). The second kappa shape index (κ2) is 17.5. The molecule has 0 spiro atoms. The van der Waals surface area contributed by atoms with Crippen molar-refractivity contribution < 1.29 is 38.1 Å². The molecule has 17 heteroatoms. The van der Waals surface area contributed by atoms with Gasteiger partial charge in [0.1, 0.15) is 0 Å². The van der Waals surface area contributed by atoms with Crippen molar-refractivity contribution in [2.24, 2.45) is 0 Å². The first kappa shape index (κ1) is 38.9. The fraction of sp³-hybridized carbons (Fsp3) is 0.150. The Morgan fingerprint density at radius 3 is 1.61 bits per heavy atom. The van der Waals surface area contributed by atoms with Gasteiger partial charge in [0, 0.05) is 17.3 Å². The minimum Gasteiger partial charge on any atom is -0.480 e. The van der Waals surface area contributed by atoms with E-state index in [1.165, 1.54) is 40.8 Å². The van der Waals surface area contributed by atoms with Gasteiger partial charge >= 0.3 is 11.9 Å². The molecule has 57 heavy (non-hydrogen) atoms. The van der Waals surface area contributed by atoms with Crippen LogP contribution in [0.3, 0.4) is 0 Å². The van der Waals surface area contributed by atoms with Crippen LogP contribution < -0.4 is 20.1 Å². The molecule has 7 aromatic rings. The normalized spacial score (nSPS) is 10.5. The summed E-state index contributed by atoms with van der Waals surface area (Å²) in [6.07, 6.45) is 6.00. The lowest BCUT2D eigenvalue weighted by Crippen LogP contribution is -2.18. The molecule has 0 aliphatic carbocycles. The molecule has 288 valence electrons. The molecular weight excluding hydrogens is 734 g/mol. The first-order valence-corrected chi connectivity index (χ1v) is 17.1. The van der Waals surface area contributed by atoms with Gasteiger partial charge in [0.15, 0.2) is 23.0 Å². The Hall–Kier alpha value is -7.82. The average Bonchev–Trinajstić information content (AvgIpc) is 3.77. The van der Waals surface area contributed by atoms with E-state index < -0.39 is 23.8 Å². The van der Waals surface area contributed by atoms with E-state index in [4.69, 9.17) is 18.9 Å². The molecule has 4 aromatic carbocycles. The van der Waals surface area contributed by atoms with Crippen LogP contribution in [0.5, 0.6) is 11.8 Å². The van der Waals surface area contributed by atoms with Crippen LogP contribution in [0.4, 0.5) is 11.6 Å². The van der Waals surface area contributed by atoms with E-state index in [0.717, 1.165) is 32.7 Å². The van der Waals surface area contributed by atoms with Gasteiger partial charge in [-0.1, -0.05) is 65.9 Å². The Kier molecular flexibility index (Phi) is 12.0. The molecule has 0 unspecified atom stereocenters. The highest BCUT2D eigenvalue weighted by molar-refractivity contribution is 6.15. The molecule has 0 aliphatic rings. The number of ether oxygens (including phenoxy) is 4. The van der Waals surface area contributed by atoms with Crippen LogP contribution in [0.2, 0.25) is 0 Å². The maximum Gasteiger partial charge on any atom is 0.360 e. The summed E-state index contributed by atoms with van der Waals surface area (Å²) in [6.45, 7) is 2.49. The molecule has 0 fully saturated rings. The summed E-state index contributed by atoms with van der Waals surface area (Å²) < 4.78 is 21.1. The van der Waals surface area contributed by atoms with Crippen LogP contribution in [0.15, 0.2) is 97.6 Å². The molecular formula is C40H35N9O8. The summed E-state index contributed by atoms with van der Waals surface area (Å²) in [5.41, 5.74) is 2.67. The minimum absolute atomic E-state index is 0.00676. The zero-order valence-corrected chi connectivity index (χ0v) is 31.3. The number of rotatable bonds is 10. The number of aromatic nitrogens is 7. The van der Waals surface area contributed by atoms with Crippen LogP contribution in [0, 0.1) is 6.92 Å². The fourth-order valence-electron chi connectivity index (χ4n) is 5.79. The zero-order valence-electron chi connectivity index (χ0n) is 31.3. The number of amides is 2. The summed E-state index contributed by atoms with van der Waals surface area (Å²) in [5.74, 6) is -2.04. The topological polar surface area (TPSA) is 212 Å². The molecule has 3 aromatic heterocycles. The van der Waals surface area contributed by atoms with Gasteiger partial charge in [-0.25, -0.2) is 34.2 Å². The monoisotopic (exact) mass is 769 g/mol. The number of nitrogens with one attached hydrogen (secondary N) is 2. The lowest BCUT2D eigenvalue weighted by atomic mass is 9.99. The van der Waals surface area contributed by atoms with E-state index in [1.54, 1.807) is 29.2 Å². The third-order valence-electron chi connectivity index (χ3n) is 8.59. The fourth-order valence-corrected chi connectivity index (χ4v) is 5.79. The van der Waals surface area contributed by atoms with E-state index in [-0.39, 0.29) is 34.8 Å².